The summed E-state index contributed by atoms with van der Waals surface area (Å²) in [6.45, 7) is 8.57. The number of ether oxygens (including phenoxy) is 2. The molecular formula is C19H29N3O3. The van der Waals surface area contributed by atoms with Crippen molar-refractivity contribution in [3.63, 3.8) is 0 Å². The summed E-state index contributed by atoms with van der Waals surface area (Å²) in [4.78, 5) is 14.7. The fraction of sp³-hybridized carbons (Fsp3) is 0.632. The Morgan fingerprint density at radius 2 is 1.96 bits per heavy atom. The lowest BCUT2D eigenvalue weighted by Crippen LogP contribution is -2.46. The van der Waals surface area contributed by atoms with Crippen LogP contribution in [0.4, 0.5) is 16.2 Å². The zero-order chi connectivity index (χ0) is 17.8. The molecule has 6 nitrogen and oxygen atoms in total. The van der Waals surface area contributed by atoms with E-state index in [0.29, 0.717) is 0 Å². The SMILES string of the molecule is C[C@@H]1CN(c2ccccc2NC(=O)N[C@H](C)[C@@H]2CCCO2)C[C@H](C)O1. The Kier molecular flexibility index (Phi) is 5.81. The zero-order valence-corrected chi connectivity index (χ0v) is 15.3. The van der Waals surface area contributed by atoms with Gasteiger partial charge in [0.25, 0.3) is 0 Å². The van der Waals surface area contributed by atoms with Crippen LogP contribution in [0.25, 0.3) is 0 Å². The van der Waals surface area contributed by atoms with Crippen molar-refractivity contribution in [1.82, 2.24) is 5.32 Å². The van der Waals surface area contributed by atoms with E-state index in [9.17, 15) is 4.79 Å². The fourth-order valence-corrected chi connectivity index (χ4v) is 3.68. The minimum atomic E-state index is -0.190. The topological polar surface area (TPSA) is 62.8 Å². The number of para-hydroxylation sites is 2. The van der Waals surface area contributed by atoms with Crippen LogP contribution >= 0.6 is 0 Å². The molecule has 1 aromatic rings. The first-order valence-corrected chi connectivity index (χ1v) is 9.21. The molecule has 2 N–H and O–H groups in total. The molecule has 0 bridgehead atoms. The van der Waals surface area contributed by atoms with Gasteiger partial charge in [-0.3, -0.25) is 0 Å². The Bertz CT molecular complexity index is 579. The maximum atomic E-state index is 12.4. The minimum Gasteiger partial charge on any atom is -0.376 e. The summed E-state index contributed by atoms with van der Waals surface area (Å²) in [5, 5.41) is 6.00. The van der Waals surface area contributed by atoms with Crippen molar-refractivity contribution in [3.8, 4) is 0 Å². The molecule has 0 radical (unpaired) electrons. The monoisotopic (exact) mass is 347 g/mol. The van der Waals surface area contributed by atoms with Crippen molar-refractivity contribution in [2.45, 2.75) is 58.0 Å². The third kappa shape index (κ3) is 4.64. The van der Waals surface area contributed by atoms with Crippen molar-refractivity contribution < 1.29 is 14.3 Å². The van der Waals surface area contributed by atoms with Crippen LogP contribution in [-0.2, 0) is 9.47 Å². The number of benzene rings is 1. The number of nitrogens with zero attached hydrogens (tertiary/aromatic N) is 1. The van der Waals surface area contributed by atoms with Crippen LogP contribution in [0.5, 0.6) is 0 Å². The molecular weight excluding hydrogens is 318 g/mol. The molecule has 2 saturated heterocycles. The summed E-state index contributed by atoms with van der Waals surface area (Å²) < 4.78 is 11.5. The summed E-state index contributed by atoms with van der Waals surface area (Å²) in [5.74, 6) is 0. The van der Waals surface area contributed by atoms with E-state index < -0.39 is 0 Å². The van der Waals surface area contributed by atoms with E-state index in [1.165, 1.54) is 0 Å². The third-order valence-electron chi connectivity index (χ3n) is 4.79. The zero-order valence-electron chi connectivity index (χ0n) is 15.3. The van der Waals surface area contributed by atoms with Gasteiger partial charge in [0.15, 0.2) is 0 Å². The van der Waals surface area contributed by atoms with Gasteiger partial charge in [-0.2, -0.15) is 0 Å². The highest BCUT2D eigenvalue weighted by atomic mass is 16.5. The maximum Gasteiger partial charge on any atom is 0.319 e. The van der Waals surface area contributed by atoms with Gasteiger partial charge in [0.1, 0.15) is 0 Å². The van der Waals surface area contributed by atoms with Crippen molar-refractivity contribution in [2.24, 2.45) is 0 Å². The van der Waals surface area contributed by atoms with Crippen LogP contribution in [0, 0.1) is 0 Å². The van der Waals surface area contributed by atoms with Crippen LogP contribution in [-0.4, -0.2) is 50.1 Å². The van der Waals surface area contributed by atoms with E-state index in [4.69, 9.17) is 9.47 Å². The highest BCUT2D eigenvalue weighted by molar-refractivity contribution is 5.93. The Labute approximate surface area is 149 Å². The second kappa shape index (κ2) is 8.06. The number of rotatable bonds is 4. The van der Waals surface area contributed by atoms with Crippen LogP contribution in [0.15, 0.2) is 24.3 Å². The van der Waals surface area contributed by atoms with Gasteiger partial charge in [0.2, 0.25) is 0 Å². The van der Waals surface area contributed by atoms with E-state index in [-0.39, 0.29) is 30.4 Å². The minimum absolute atomic E-state index is 0.00177. The van der Waals surface area contributed by atoms with Crippen molar-refractivity contribution in [1.29, 1.82) is 0 Å². The molecule has 2 aliphatic rings. The van der Waals surface area contributed by atoms with Crippen molar-refractivity contribution in [3.05, 3.63) is 24.3 Å². The first kappa shape index (κ1) is 18.0. The van der Waals surface area contributed by atoms with Gasteiger partial charge in [-0.15, -0.1) is 0 Å². The first-order valence-electron chi connectivity index (χ1n) is 9.21. The molecule has 6 heteroatoms. The van der Waals surface area contributed by atoms with Gasteiger partial charge < -0.3 is 25.0 Å². The van der Waals surface area contributed by atoms with E-state index in [0.717, 1.165) is 43.9 Å². The fourth-order valence-electron chi connectivity index (χ4n) is 3.68. The molecule has 138 valence electrons. The maximum absolute atomic E-state index is 12.4. The summed E-state index contributed by atoms with van der Waals surface area (Å²) >= 11 is 0. The number of carbonyl (C=O) groups excluding carboxylic acids is 1. The summed E-state index contributed by atoms with van der Waals surface area (Å²) in [6, 6.07) is 7.73. The lowest BCUT2D eigenvalue weighted by Gasteiger charge is -2.37. The molecule has 0 saturated carbocycles. The van der Waals surface area contributed by atoms with Gasteiger partial charge in [-0.05, 0) is 45.7 Å². The molecule has 0 unspecified atom stereocenters. The number of nitrogens with one attached hydrogen (secondary N) is 2. The van der Waals surface area contributed by atoms with E-state index in [1.54, 1.807) is 0 Å². The molecule has 2 fully saturated rings. The van der Waals surface area contributed by atoms with Crippen molar-refractivity contribution in [2.75, 3.05) is 29.9 Å². The summed E-state index contributed by atoms with van der Waals surface area (Å²) in [7, 11) is 0. The van der Waals surface area contributed by atoms with Crippen LogP contribution in [0.2, 0.25) is 0 Å². The number of morpholine rings is 1. The third-order valence-corrected chi connectivity index (χ3v) is 4.79. The molecule has 1 aromatic carbocycles. The standard InChI is InChI=1S/C19H29N3O3/c1-13-11-22(12-14(2)25-13)17-8-5-4-7-16(17)21-19(23)20-15(3)18-9-6-10-24-18/h4-5,7-8,13-15,18H,6,9-12H2,1-3H3,(H2,20,21,23)/t13-,14+,15-,18+/m1/s1. The van der Waals surface area contributed by atoms with Crippen molar-refractivity contribution >= 4 is 17.4 Å². The van der Waals surface area contributed by atoms with Gasteiger partial charge in [-0.1, -0.05) is 12.1 Å². The summed E-state index contributed by atoms with van der Waals surface area (Å²) in [5.41, 5.74) is 1.85. The van der Waals surface area contributed by atoms with Gasteiger partial charge in [-0.25, -0.2) is 4.79 Å². The number of hydrogen-bond acceptors (Lipinski definition) is 4. The number of urea groups is 1. The highest BCUT2D eigenvalue weighted by Crippen LogP contribution is 2.28. The van der Waals surface area contributed by atoms with E-state index in [1.807, 2.05) is 31.2 Å². The van der Waals surface area contributed by atoms with Gasteiger partial charge in [0, 0.05) is 19.7 Å². The second-order valence-corrected chi connectivity index (χ2v) is 7.12. The largest absolute Gasteiger partial charge is 0.376 e. The van der Waals surface area contributed by atoms with Gasteiger partial charge >= 0.3 is 6.03 Å². The number of anilines is 2. The Morgan fingerprint density at radius 1 is 1.24 bits per heavy atom. The average molecular weight is 347 g/mol. The van der Waals surface area contributed by atoms with E-state index in [2.05, 4.69) is 29.4 Å². The molecule has 0 spiro atoms. The van der Waals surface area contributed by atoms with Crippen LogP contribution in [0.1, 0.15) is 33.6 Å². The lowest BCUT2D eigenvalue weighted by atomic mass is 10.1. The normalized spacial score (nSPS) is 27.8. The first-order chi connectivity index (χ1) is 12.0. The van der Waals surface area contributed by atoms with E-state index >= 15 is 0 Å². The summed E-state index contributed by atoms with van der Waals surface area (Å²) in [6.07, 6.45) is 2.52. The predicted octanol–water partition coefficient (Wildman–Crippen LogP) is 2.99. The van der Waals surface area contributed by atoms with Crippen LogP contribution in [0.3, 0.4) is 0 Å². The quantitative estimate of drug-likeness (QED) is 0.879. The Hall–Kier alpha value is -1.79. The Balaban J connectivity index is 1.65. The predicted molar refractivity (Wildman–Crippen MR) is 99.3 cm³/mol. The molecule has 4 atom stereocenters. The number of hydrogen-bond donors (Lipinski definition) is 2. The molecule has 0 aromatic heterocycles. The molecule has 0 aliphatic carbocycles. The lowest BCUT2D eigenvalue weighted by molar-refractivity contribution is -0.00517. The molecule has 25 heavy (non-hydrogen) atoms. The number of carbonyl (C=O) groups is 1. The molecule has 2 amide bonds. The second-order valence-electron chi connectivity index (χ2n) is 7.12. The molecule has 2 aliphatic heterocycles. The smallest absolute Gasteiger partial charge is 0.319 e. The molecule has 2 heterocycles. The average Bonchev–Trinajstić information content (AvgIpc) is 3.09. The van der Waals surface area contributed by atoms with Crippen LogP contribution < -0.4 is 15.5 Å². The molecule has 3 rings (SSSR count). The Morgan fingerprint density at radius 3 is 2.64 bits per heavy atom. The van der Waals surface area contributed by atoms with Gasteiger partial charge in [0.05, 0.1) is 35.7 Å². The number of amides is 2. The highest BCUT2D eigenvalue weighted by Gasteiger charge is 2.26.